The minimum Gasteiger partial charge on any atom is -0.408 e. The van der Waals surface area contributed by atoms with E-state index in [0.29, 0.717) is 22.2 Å². The van der Waals surface area contributed by atoms with Crippen LogP contribution in [-0.4, -0.2) is 25.4 Å². The summed E-state index contributed by atoms with van der Waals surface area (Å²) < 4.78 is 5.56. The van der Waals surface area contributed by atoms with Crippen molar-refractivity contribution in [2.45, 2.75) is 24.3 Å². The molecule has 5 nitrogen and oxygen atoms in total. The van der Waals surface area contributed by atoms with E-state index in [2.05, 4.69) is 34.0 Å². The fraction of sp³-hybridized carbons (Fsp3) is 0.250. The van der Waals surface area contributed by atoms with E-state index >= 15 is 0 Å². The lowest BCUT2D eigenvalue weighted by Crippen LogP contribution is -1.84. The molecule has 0 amide bonds. The smallest absolute Gasteiger partial charge is 0.284 e. The number of thioether (sulfide) groups is 1. The van der Waals surface area contributed by atoms with Crippen molar-refractivity contribution in [2.75, 3.05) is 0 Å². The van der Waals surface area contributed by atoms with Crippen LogP contribution in [0.15, 0.2) is 33.9 Å². The Balaban J connectivity index is 1.96. The number of nitrogens with one attached hydrogen (secondary N) is 1. The highest BCUT2D eigenvalue weighted by atomic mass is 32.2. The van der Waals surface area contributed by atoms with Crippen LogP contribution in [0.4, 0.5) is 0 Å². The summed E-state index contributed by atoms with van der Waals surface area (Å²) in [5.74, 6) is 1.04. The molecule has 0 aliphatic rings. The maximum absolute atomic E-state index is 5.56. The molecule has 2 aromatic heterocycles. The zero-order valence-electron chi connectivity index (χ0n) is 10.0. The van der Waals surface area contributed by atoms with Gasteiger partial charge in [0.15, 0.2) is 5.82 Å². The summed E-state index contributed by atoms with van der Waals surface area (Å²) in [6.45, 7) is 4.16. The molecule has 0 bridgehead atoms. The molecule has 3 rings (SSSR count). The molecule has 2 heterocycles. The zero-order valence-corrected chi connectivity index (χ0v) is 10.9. The largest absolute Gasteiger partial charge is 0.408 e. The van der Waals surface area contributed by atoms with Gasteiger partial charge >= 0.3 is 0 Å². The van der Waals surface area contributed by atoms with Crippen molar-refractivity contribution < 1.29 is 4.42 Å². The summed E-state index contributed by atoms with van der Waals surface area (Å²) in [6.07, 6.45) is 0. The van der Waals surface area contributed by atoms with E-state index in [-0.39, 0.29) is 0 Å². The average molecular weight is 260 g/mol. The van der Waals surface area contributed by atoms with Gasteiger partial charge in [0.1, 0.15) is 0 Å². The Morgan fingerprint density at radius 1 is 1.22 bits per heavy atom. The van der Waals surface area contributed by atoms with E-state index in [1.54, 1.807) is 0 Å². The predicted molar refractivity (Wildman–Crippen MR) is 70.4 cm³/mol. The van der Waals surface area contributed by atoms with Gasteiger partial charge in [0.2, 0.25) is 0 Å². The van der Waals surface area contributed by atoms with Gasteiger partial charge in [-0.05, 0) is 12.1 Å². The number of H-pyrrole nitrogens is 1. The molecule has 1 N–H and O–H groups in total. The Morgan fingerprint density at radius 2 is 2.06 bits per heavy atom. The number of aromatic nitrogens is 4. The highest BCUT2D eigenvalue weighted by Gasteiger charge is 2.13. The quantitative estimate of drug-likeness (QED) is 0.733. The minimum atomic E-state index is 0.411. The number of benzene rings is 1. The van der Waals surface area contributed by atoms with E-state index in [1.807, 2.05) is 24.3 Å². The van der Waals surface area contributed by atoms with Crippen molar-refractivity contribution in [2.24, 2.45) is 0 Å². The molecule has 1 aromatic carbocycles. The van der Waals surface area contributed by atoms with Gasteiger partial charge in [0, 0.05) is 5.25 Å². The molecular formula is C12H12N4OS. The van der Waals surface area contributed by atoms with Gasteiger partial charge in [-0.15, -0.1) is 10.2 Å². The van der Waals surface area contributed by atoms with Crippen molar-refractivity contribution in [1.29, 1.82) is 0 Å². The highest BCUT2D eigenvalue weighted by molar-refractivity contribution is 7.99. The molecular weight excluding hydrogens is 248 g/mol. The number of hydrogen-bond donors (Lipinski definition) is 1. The van der Waals surface area contributed by atoms with Crippen LogP contribution in [0.5, 0.6) is 0 Å². The maximum Gasteiger partial charge on any atom is 0.284 e. The summed E-state index contributed by atoms with van der Waals surface area (Å²) in [4.78, 5) is 7.58. The summed E-state index contributed by atoms with van der Waals surface area (Å²) in [5, 5.41) is 8.97. The van der Waals surface area contributed by atoms with E-state index in [0.717, 1.165) is 11.0 Å². The fourth-order valence-electron chi connectivity index (χ4n) is 1.61. The van der Waals surface area contributed by atoms with Crippen LogP contribution in [0.2, 0.25) is 0 Å². The summed E-state index contributed by atoms with van der Waals surface area (Å²) in [6, 6.07) is 7.81. The molecule has 6 heteroatoms. The molecule has 0 aliphatic heterocycles. The fourth-order valence-corrected chi connectivity index (χ4v) is 2.23. The van der Waals surface area contributed by atoms with Crippen molar-refractivity contribution in [3.8, 4) is 11.7 Å². The lowest BCUT2D eigenvalue weighted by molar-refractivity contribution is 0.463. The van der Waals surface area contributed by atoms with Crippen LogP contribution in [0.1, 0.15) is 13.8 Å². The molecule has 3 aromatic rings. The van der Waals surface area contributed by atoms with Gasteiger partial charge in [0.05, 0.1) is 11.0 Å². The number of imidazole rings is 1. The summed E-state index contributed by atoms with van der Waals surface area (Å²) in [5.41, 5.74) is 1.85. The molecule has 0 unspecified atom stereocenters. The lowest BCUT2D eigenvalue weighted by Gasteiger charge is -1.95. The summed E-state index contributed by atoms with van der Waals surface area (Å²) in [7, 11) is 0. The highest BCUT2D eigenvalue weighted by Crippen LogP contribution is 2.25. The van der Waals surface area contributed by atoms with Crippen LogP contribution in [-0.2, 0) is 0 Å². The second kappa shape index (κ2) is 4.45. The maximum atomic E-state index is 5.56. The first-order chi connectivity index (χ1) is 8.72. The monoisotopic (exact) mass is 260 g/mol. The number of fused-ring (bicyclic) bond motifs is 1. The Hall–Kier alpha value is -1.82. The minimum absolute atomic E-state index is 0.411. The SMILES string of the molecule is CC(C)Sc1nnc(-c2nc3ccccc3[nH]2)o1. The van der Waals surface area contributed by atoms with Crippen LogP contribution in [0, 0.1) is 0 Å². The zero-order chi connectivity index (χ0) is 12.5. The van der Waals surface area contributed by atoms with E-state index in [9.17, 15) is 0 Å². The Bertz CT molecular complexity index is 640. The molecule has 0 atom stereocenters. The first-order valence-electron chi connectivity index (χ1n) is 5.67. The molecule has 92 valence electrons. The molecule has 0 saturated heterocycles. The second-order valence-corrected chi connectivity index (χ2v) is 5.67. The van der Waals surface area contributed by atoms with Gasteiger partial charge in [-0.3, -0.25) is 0 Å². The first-order valence-corrected chi connectivity index (χ1v) is 6.55. The Morgan fingerprint density at radius 3 is 2.83 bits per heavy atom. The van der Waals surface area contributed by atoms with Crippen molar-refractivity contribution in [3.05, 3.63) is 24.3 Å². The number of rotatable bonds is 3. The second-order valence-electron chi connectivity index (χ2n) is 4.14. The lowest BCUT2D eigenvalue weighted by atomic mass is 10.3. The molecule has 0 radical (unpaired) electrons. The molecule has 0 aliphatic carbocycles. The summed E-state index contributed by atoms with van der Waals surface area (Å²) >= 11 is 1.54. The van der Waals surface area contributed by atoms with Gasteiger partial charge in [-0.2, -0.15) is 0 Å². The van der Waals surface area contributed by atoms with Crippen molar-refractivity contribution in [3.63, 3.8) is 0 Å². The van der Waals surface area contributed by atoms with Crippen molar-refractivity contribution in [1.82, 2.24) is 20.2 Å². The third-order valence-corrected chi connectivity index (χ3v) is 3.17. The average Bonchev–Trinajstić information content (AvgIpc) is 2.93. The molecule has 0 saturated carbocycles. The predicted octanol–water partition coefficient (Wildman–Crippen LogP) is 3.11. The van der Waals surface area contributed by atoms with E-state index in [1.165, 1.54) is 11.8 Å². The van der Waals surface area contributed by atoms with Gasteiger partial charge in [-0.1, -0.05) is 37.7 Å². The van der Waals surface area contributed by atoms with Gasteiger partial charge < -0.3 is 9.40 Å². The molecule has 18 heavy (non-hydrogen) atoms. The molecule has 0 spiro atoms. The Labute approximate surface area is 108 Å². The van der Waals surface area contributed by atoms with Crippen molar-refractivity contribution >= 4 is 22.8 Å². The first kappa shape index (κ1) is 11.3. The van der Waals surface area contributed by atoms with Gasteiger partial charge in [0.25, 0.3) is 11.1 Å². The van der Waals surface area contributed by atoms with Crippen LogP contribution in [0.3, 0.4) is 0 Å². The van der Waals surface area contributed by atoms with E-state index < -0.39 is 0 Å². The normalized spacial score (nSPS) is 11.5. The molecule has 0 fully saturated rings. The Kier molecular flexibility index (Phi) is 2.79. The number of nitrogens with zero attached hydrogens (tertiary/aromatic N) is 3. The van der Waals surface area contributed by atoms with Gasteiger partial charge in [-0.25, -0.2) is 4.98 Å². The van der Waals surface area contributed by atoms with Crippen LogP contribution >= 0.6 is 11.8 Å². The van der Waals surface area contributed by atoms with Crippen LogP contribution in [0.25, 0.3) is 22.7 Å². The number of hydrogen-bond acceptors (Lipinski definition) is 5. The van der Waals surface area contributed by atoms with Crippen LogP contribution < -0.4 is 0 Å². The third kappa shape index (κ3) is 2.11. The standard InChI is InChI=1S/C12H12N4OS/c1-7(2)18-12-16-15-11(17-12)10-13-8-5-3-4-6-9(8)14-10/h3-7H,1-2H3,(H,13,14). The number of aromatic amines is 1. The van der Waals surface area contributed by atoms with E-state index in [4.69, 9.17) is 4.42 Å². The third-order valence-electron chi connectivity index (χ3n) is 2.33. The topological polar surface area (TPSA) is 67.6 Å². The number of para-hydroxylation sites is 2.